The van der Waals surface area contributed by atoms with Crippen LogP contribution in [0.4, 0.5) is 11.9 Å². The van der Waals surface area contributed by atoms with Crippen LogP contribution in [-0.4, -0.2) is 36.7 Å². The Balaban J connectivity index is 1.62. The molecule has 0 unspecified atom stereocenters. The monoisotopic (exact) mass is 407 g/mol. The number of hydrogen-bond donors (Lipinski definition) is 4. The van der Waals surface area contributed by atoms with E-state index in [2.05, 4.69) is 46.6 Å². The third-order valence-corrected chi connectivity index (χ3v) is 3.75. The molecule has 0 radical (unpaired) electrons. The summed E-state index contributed by atoms with van der Waals surface area (Å²) in [4.78, 5) is 45.5. The van der Waals surface area contributed by atoms with E-state index in [0.29, 0.717) is 0 Å². The Bertz CT molecular complexity index is 978. The zero-order chi connectivity index (χ0) is 21.7. The minimum Gasteiger partial charge on any atom is -0.266 e. The molecule has 3 heterocycles. The molecule has 154 valence electrons. The fraction of sp³-hybridized carbons (Fsp3) is 0.211. The molecular weight excluding hydrogens is 386 g/mol. The Labute approximate surface area is 172 Å². The number of anilines is 2. The van der Waals surface area contributed by atoms with E-state index in [1.165, 1.54) is 12.1 Å². The van der Waals surface area contributed by atoms with Crippen LogP contribution in [0.2, 0.25) is 0 Å². The van der Waals surface area contributed by atoms with Gasteiger partial charge in [0.25, 0.3) is 11.8 Å². The standard InChI is InChI=1S/C19H21N9O2/c1-10-8-11(2)21-18(20-10)27-25-16(29)14-6-5-7-15(24-14)17(30)26-28-19-22-12(3)9-13(4)23-19/h5-9H,1-4H3,(H,25,29)(H,26,30)(H,20,21,27)(H,22,23,28). The van der Waals surface area contributed by atoms with Gasteiger partial charge < -0.3 is 0 Å². The number of hydrogen-bond acceptors (Lipinski definition) is 9. The van der Waals surface area contributed by atoms with Crippen LogP contribution in [0.15, 0.2) is 30.3 Å². The second-order valence-electron chi connectivity index (χ2n) is 6.51. The van der Waals surface area contributed by atoms with Gasteiger partial charge in [-0.2, -0.15) is 0 Å². The molecule has 0 saturated carbocycles. The van der Waals surface area contributed by atoms with Crippen LogP contribution in [0.3, 0.4) is 0 Å². The lowest BCUT2D eigenvalue weighted by molar-refractivity contribution is 0.0953. The van der Waals surface area contributed by atoms with E-state index in [0.717, 1.165) is 22.8 Å². The summed E-state index contributed by atoms with van der Waals surface area (Å²) in [5.41, 5.74) is 13.3. The summed E-state index contributed by atoms with van der Waals surface area (Å²) in [6.07, 6.45) is 0. The smallest absolute Gasteiger partial charge is 0.266 e. The largest absolute Gasteiger partial charge is 0.288 e. The molecule has 0 fully saturated rings. The maximum Gasteiger partial charge on any atom is 0.288 e. The van der Waals surface area contributed by atoms with Crippen LogP contribution in [0.25, 0.3) is 0 Å². The molecular formula is C19H21N9O2. The first-order valence-corrected chi connectivity index (χ1v) is 9.04. The third-order valence-electron chi connectivity index (χ3n) is 3.75. The molecule has 0 spiro atoms. The number of aromatic nitrogens is 5. The van der Waals surface area contributed by atoms with E-state index in [4.69, 9.17) is 0 Å². The zero-order valence-corrected chi connectivity index (χ0v) is 16.9. The first kappa shape index (κ1) is 20.6. The van der Waals surface area contributed by atoms with Crippen molar-refractivity contribution in [1.82, 2.24) is 35.8 Å². The number of aryl methyl sites for hydroxylation is 4. The molecule has 0 aliphatic carbocycles. The molecule has 2 amide bonds. The summed E-state index contributed by atoms with van der Waals surface area (Å²) < 4.78 is 0. The average molecular weight is 407 g/mol. The van der Waals surface area contributed by atoms with E-state index in [1.807, 2.05) is 39.8 Å². The molecule has 3 rings (SSSR count). The first-order valence-electron chi connectivity index (χ1n) is 9.04. The Morgan fingerprint density at radius 1 is 0.633 bits per heavy atom. The second-order valence-corrected chi connectivity index (χ2v) is 6.51. The predicted molar refractivity (Wildman–Crippen MR) is 109 cm³/mol. The van der Waals surface area contributed by atoms with Crippen LogP contribution in [0.5, 0.6) is 0 Å². The molecule has 11 nitrogen and oxygen atoms in total. The lowest BCUT2D eigenvalue weighted by Crippen LogP contribution is -2.33. The summed E-state index contributed by atoms with van der Waals surface area (Å²) in [6, 6.07) is 8.15. The van der Waals surface area contributed by atoms with Gasteiger partial charge in [0, 0.05) is 22.8 Å². The normalized spacial score (nSPS) is 10.3. The summed E-state index contributed by atoms with van der Waals surface area (Å²) >= 11 is 0. The van der Waals surface area contributed by atoms with Crippen LogP contribution >= 0.6 is 0 Å². The van der Waals surface area contributed by atoms with Crippen LogP contribution < -0.4 is 21.7 Å². The fourth-order valence-electron chi connectivity index (χ4n) is 2.60. The van der Waals surface area contributed by atoms with Crippen molar-refractivity contribution in [3.8, 4) is 0 Å². The van der Waals surface area contributed by atoms with Crippen molar-refractivity contribution in [2.45, 2.75) is 27.7 Å². The highest BCUT2D eigenvalue weighted by Gasteiger charge is 2.13. The molecule has 3 aromatic rings. The van der Waals surface area contributed by atoms with Crippen molar-refractivity contribution in [1.29, 1.82) is 0 Å². The van der Waals surface area contributed by atoms with Crippen LogP contribution in [-0.2, 0) is 0 Å². The number of pyridine rings is 1. The van der Waals surface area contributed by atoms with E-state index < -0.39 is 11.8 Å². The highest BCUT2D eigenvalue weighted by molar-refractivity contribution is 5.96. The molecule has 0 bridgehead atoms. The molecule has 4 N–H and O–H groups in total. The summed E-state index contributed by atoms with van der Waals surface area (Å²) in [7, 11) is 0. The molecule has 0 aliphatic heterocycles. The van der Waals surface area contributed by atoms with Crippen molar-refractivity contribution >= 4 is 23.7 Å². The number of nitrogens with one attached hydrogen (secondary N) is 4. The van der Waals surface area contributed by atoms with Gasteiger partial charge in [-0.15, -0.1) is 0 Å². The lowest BCUT2D eigenvalue weighted by atomic mass is 10.3. The minimum absolute atomic E-state index is 0.0437. The summed E-state index contributed by atoms with van der Waals surface area (Å²) in [5, 5.41) is 0. The number of carbonyl (C=O) groups is 2. The molecule has 0 atom stereocenters. The lowest BCUT2D eigenvalue weighted by Gasteiger charge is -2.10. The van der Waals surface area contributed by atoms with Gasteiger partial charge in [0.1, 0.15) is 11.4 Å². The summed E-state index contributed by atoms with van der Waals surface area (Å²) in [5.74, 6) is -0.573. The van der Waals surface area contributed by atoms with E-state index in [1.54, 1.807) is 6.07 Å². The Morgan fingerprint density at radius 3 is 1.37 bits per heavy atom. The van der Waals surface area contributed by atoms with E-state index in [9.17, 15) is 9.59 Å². The Morgan fingerprint density at radius 2 is 1.00 bits per heavy atom. The fourth-order valence-corrected chi connectivity index (χ4v) is 2.60. The number of carbonyl (C=O) groups excluding carboxylic acids is 2. The third kappa shape index (κ3) is 5.44. The first-order chi connectivity index (χ1) is 14.3. The van der Waals surface area contributed by atoms with Crippen LogP contribution in [0, 0.1) is 27.7 Å². The Hall–Kier alpha value is -4.15. The van der Waals surface area contributed by atoms with E-state index >= 15 is 0 Å². The number of rotatable bonds is 6. The maximum atomic E-state index is 12.4. The topological polar surface area (TPSA) is 147 Å². The van der Waals surface area contributed by atoms with Gasteiger partial charge in [-0.05, 0) is 52.0 Å². The zero-order valence-electron chi connectivity index (χ0n) is 16.9. The van der Waals surface area contributed by atoms with Gasteiger partial charge in [0.15, 0.2) is 0 Å². The number of hydrazine groups is 2. The number of amides is 2. The predicted octanol–water partition coefficient (Wildman–Crippen LogP) is 1.41. The molecule has 0 aromatic carbocycles. The average Bonchev–Trinajstić information content (AvgIpc) is 2.69. The molecule has 0 aliphatic rings. The highest BCUT2D eigenvalue weighted by atomic mass is 16.2. The molecule has 0 saturated heterocycles. The van der Waals surface area contributed by atoms with Crippen molar-refractivity contribution in [3.05, 3.63) is 64.5 Å². The Kier molecular flexibility index (Phi) is 6.11. The van der Waals surface area contributed by atoms with Gasteiger partial charge in [0.2, 0.25) is 11.9 Å². The molecule has 3 aromatic heterocycles. The van der Waals surface area contributed by atoms with Gasteiger partial charge in [0.05, 0.1) is 0 Å². The van der Waals surface area contributed by atoms with Crippen molar-refractivity contribution < 1.29 is 9.59 Å². The van der Waals surface area contributed by atoms with Gasteiger partial charge in [-0.3, -0.25) is 31.3 Å². The van der Waals surface area contributed by atoms with Crippen molar-refractivity contribution in [2.24, 2.45) is 0 Å². The van der Waals surface area contributed by atoms with Crippen molar-refractivity contribution in [2.75, 3.05) is 10.9 Å². The van der Waals surface area contributed by atoms with Gasteiger partial charge in [-0.1, -0.05) is 6.07 Å². The summed E-state index contributed by atoms with van der Waals surface area (Å²) in [6.45, 7) is 7.29. The van der Waals surface area contributed by atoms with Gasteiger partial charge in [-0.25, -0.2) is 24.9 Å². The quantitative estimate of drug-likeness (QED) is 0.445. The number of nitrogens with zero attached hydrogens (tertiary/aromatic N) is 5. The molecule has 11 heteroatoms. The highest BCUT2D eigenvalue weighted by Crippen LogP contribution is 2.05. The van der Waals surface area contributed by atoms with E-state index in [-0.39, 0.29) is 23.3 Å². The van der Waals surface area contributed by atoms with Gasteiger partial charge >= 0.3 is 0 Å². The maximum absolute atomic E-state index is 12.4. The second kappa shape index (κ2) is 8.90. The minimum atomic E-state index is -0.544. The molecule has 30 heavy (non-hydrogen) atoms. The van der Waals surface area contributed by atoms with Crippen molar-refractivity contribution in [3.63, 3.8) is 0 Å². The van der Waals surface area contributed by atoms with Crippen LogP contribution in [0.1, 0.15) is 43.8 Å². The SMILES string of the molecule is Cc1cc(C)nc(NNC(=O)c2cccc(C(=O)NNc3nc(C)cc(C)n3)n2)n1.